The summed E-state index contributed by atoms with van der Waals surface area (Å²) in [4.78, 5) is 31.3. The number of rotatable bonds is 5. The van der Waals surface area contributed by atoms with Crippen molar-refractivity contribution in [1.29, 1.82) is 0 Å². The molecule has 1 N–H and O–H groups in total. The predicted octanol–water partition coefficient (Wildman–Crippen LogP) is 3.46. The van der Waals surface area contributed by atoms with Crippen LogP contribution in [0.4, 0.5) is 8.78 Å². The summed E-state index contributed by atoms with van der Waals surface area (Å²) < 4.78 is 28.8. The van der Waals surface area contributed by atoms with E-state index >= 15 is 0 Å². The van der Waals surface area contributed by atoms with Crippen molar-refractivity contribution in [3.63, 3.8) is 0 Å². The number of aromatic amines is 1. The van der Waals surface area contributed by atoms with Gasteiger partial charge in [0.25, 0.3) is 5.56 Å². The molecule has 2 aromatic heterocycles. The molecular weight excluding hydrogens is 340 g/mol. The molecule has 0 aliphatic rings. The minimum absolute atomic E-state index is 0.0203. The standard InChI is InChI=1S/C19H19F2N3O2/c1-4-5-24-10(2)6-12(11(24)3)17(25)9-18-22-16-8-15(21)14(20)7-13(16)19(26)23-18/h6-8H,4-5,9H2,1-3H3,(H,22,23,26). The molecule has 5 nitrogen and oxygen atoms in total. The number of carbonyl (C=O) groups is 1. The number of aromatic nitrogens is 3. The fourth-order valence-electron chi connectivity index (χ4n) is 3.16. The van der Waals surface area contributed by atoms with Gasteiger partial charge in [-0.05, 0) is 32.4 Å². The highest BCUT2D eigenvalue weighted by Crippen LogP contribution is 2.18. The first-order valence-corrected chi connectivity index (χ1v) is 8.39. The summed E-state index contributed by atoms with van der Waals surface area (Å²) in [6, 6.07) is 3.49. The molecule has 0 atom stereocenters. The molecule has 0 bridgehead atoms. The van der Waals surface area contributed by atoms with Gasteiger partial charge >= 0.3 is 0 Å². The van der Waals surface area contributed by atoms with Gasteiger partial charge in [-0.3, -0.25) is 9.59 Å². The minimum Gasteiger partial charge on any atom is -0.348 e. The van der Waals surface area contributed by atoms with Gasteiger partial charge in [0.2, 0.25) is 0 Å². The second-order valence-corrected chi connectivity index (χ2v) is 6.33. The lowest BCUT2D eigenvalue weighted by Crippen LogP contribution is -2.16. The number of benzene rings is 1. The van der Waals surface area contributed by atoms with E-state index in [1.165, 1.54) is 0 Å². The topological polar surface area (TPSA) is 67.8 Å². The average Bonchev–Trinajstić information content (AvgIpc) is 2.85. The molecule has 0 spiro atoms. The molecule has 0 aliphatic heterocycles. The van der Waals surface area contributed by atoms with E-state index in [0.29, 0.717) is 5.56 Å². The van der Waals surface area contributed by atoms with E-state index < -0.39 is 17.2 Å². The number of hydrogen-bond donors (Lipinski definition) is 1. The maximum Gasteiger partial charge on any atom is 0.258 e. The van der Waals surface area contributed by atoms with Gasteiger partial charge in [-0.1, -0.05) is 6.92 Å². The zero-order valence-electron chi connectivity index (χ0n) is 14.8. The van der Waals surface area contributed by atoms with Gasteiger partial charge in [0.15, 0.2) is 17.4 Å². The number of H-pyrrole nitrogens is 1. The van der Waals surface area contributed by atoms with E-state index in [1.807, 2.05) is 19.9 Å². The number of Topliss-reactive ketones (excluding diaryl/α,β-unsaturated/α-hetero) is 1. The molecule has 0 fully saturated rings. The zero-order chi connectivity index (χ0) is 19.0. The molecule has 3 aromatic rings. The third-order valence-corrected chi connectivity index (χ3v) is 4.45. The molecule has 3 rings (SSSR count). The Morgan fingerprint density at radius 3 is 2.58 bits per heavy atom. The van der Waals surface area contributed by atoms with E-state index in [1.54, 1.807) is 0 Å². The van der Waals surface area contributed by atoms with Gasteiger partial charge in [-0.25, -0.2) is 13.8 Å². The highest BCUT2D eigenvalue weighted by Gasteiger charge is 2.18. The summed E-state index contributed by atoms with van der Waals surface area (Å²) in [5, 5.41) is -0.0544. The summed E-state index contributed by atoms with van der Waals surface area (Å²) in [7, 11) is 0. The molecule has 0 radical (unpaired) electrons. The Hall–Kier alpha value is -2.83. The quantitative estimate of drug-likeness (QED) is 0.710. The van der Waals surface area contributed by atoms with Gasteiger partial charge in [0.1, 0.15) is 5.82 Å². The zero-order valence-corrected chi connectivity index (χ0v) is 14.8. The van der Waals surface area contributed by atoms with Crippen LogP contribution in [0.1, 0.15) is 40.9 Å². The Kier molecular flexibility index (Phi) is 4.71. The first-order valence-electron chi connectivity index (χ1n) is 8.39. The van der Waals surface area contributed by atoms with Crippen LogP contribution in [-0.4, -0.2) is 20.3 Å². The van der Waals surface area contributed by atoms with Crippen LogP contribution >= 0.6 is 0 Å². The van der Waals surface area contributed by atoms with E-state index in [4.69, 9.17) is 0 Å². The Balaban J connectivity index is 1.96. The monoisotopic (exact) mass is 359 g/mol. The van der Waals surface area contributed by atoms with E-state index in [-0.39, 0.29) is 28.9 Å². The molecule has 2 heterocycles. The SMILES string of the molecule is CCCn1c(C)cc(C(=O)Cc2nc3cc(F)c(F)cc3c(=O)[nH]2)c1C. The number of ketones is 1. The van der Waals surface area contributed by atoms with Crippen LogP contribution < -0.4 is 5.56 Å². The van der Waals surface area contributed by atoms with Crippen molar-refractivity contribution >= 4 is 16.7 Å². The third kappa shape index (κ3) is 3.16. The number of nitrogens with one attached hydrogen (secondary N) is 1. The molecule has 0 saturated carbocycles. The molecule has 0 amide bonds. The predicted molar refractivity (Wildman–Crippen MR) is 94.5 cm³/mol. The summed E-state index contributed by atoms with van der Waals surface area (Å²) in [6.45, 7) is 6.70. The molecule has 0 aliphatic carbocycles. The van der Waals surface area contributed by atoms with Gasteiger partial charge in [0.05, 0.1) is 17.3 Å². The summed E-state index contributed by atoms with van der Waals surface area (Å²) in [5.41, 5.74) is 1.85. The van der Waals surface area contributed by atoms with Crippen LogP contribution in [0.25, 0.3) is 10.9 Å². The lowest BCUT2D eigenvalue weighted by atomic mass is 10.1. The van der Waals surface area contributed by atoms with Crippen molar-refractivity contribution in [3.05, 3.63) is 63.0 Å². The van der Waals surface area contributed by atoms with Gasteiger partial charge < -0.3 is 9.55 Å². The Morgan fingerprint density at radius 2 is 1.88 bits per heavy atom. The second kappa shape index (κ2) is 6.82. The van der Waals surface area contributed by atoms with Crippen molar-refractivity contribution < 1.29 is 13.6 Å². The van der Waals surface area contributed by atoms with Crippen molar-refractivity contribution in [2.45, 2.75) is 40.2 Å². The van der Waals surface area contributed by atoms with Crippen LogP contribution in [0.3, 0.4) is 0 Å². The molecule has 1 aromatic carbocycles. The summed E-state index contributed by atoms with van der Waals surface area (Å²) in [6.07, 6.45) is 0.826. The van der Waals surface area contributed by atoms with Gasteiger partial charge in [-0.15, -0.1) is 0 Å². The molecule has 136 valence electrons. The number of aryl methyl sites for hydroxylation is 1. The van der Waals surface area contributed by atoms with Crippen LogP contribution in [0.15, 0.2) is 23.0 Å². The summed E-state index contributed by atoms with van der Waals surface area (Å²) in [5.74, 6) is -2.27. The maximum atomic E-state index is 13.4. The van der Waals surface area contributed by atoms with Crippen LogP contribution in [0, 0.1) is 25.5 Å². The van der Waals surface area contributed by atoms with Crippen molar-refractivity contribution in [2.24, 2.45) is 0 Å². The Labute approximate surface area is 148 Å². The number of hydrogen-bond acceptors (Lipinski definition) is 3. The first kappa shape index (κ1) is 18.0. The van der Waals surface area contributed by atoms with E-state index in [2.05, 4.69) is 21.5 Å². The smallest absolute Gasteiger partial charge is 0.258 e. The Bertz CT molecular complexity index is 1070. The van der Waals surface area contributed by atoms with Gasteiger partial charge in [-0.2, -0.15) is 0 Å². The van der Waals surface area contributed by atoms with Gasteiger partial charge in [0, 0.05) is 29.6 Å². The Morgan fingerprint density at radius 1 is 1.19 bits per heavy atom. The van der Waals surface area contributed by atoms with Crippen molar-refractivity contribution in [1.82, 2.24) is 14.5 Å². The first-order chi connectivity index (χ1) is 12.3. The second-order valence-electron chi connectivity index (χ2n) is 6.33. The molecule has 26 heavy (non-hydrogen) atoms. The van der Waals surface area contributed by atoms with Crippen LogP contribution in [0.2, 0.25) is 0 Å². The van der Waals surface area contributed by atoms with Crippen molar-refractivity contribution in [2.75, 3.05) is 0 Å². The van der Waals surface area contributed by atoms with E-state index in [0.717, 1.165) is 36.5 Å². The highest BCUT2D eigenvalue weighted by molar-refractivity contribution is 5.98. The average molecular weight is 359 g/mol. The fraction of sp³-hybridized carbons (Fsp3) is 0.316. The number of carbonyl (C=O) groups excluding carboxylic acids is 1. The summed E-state index contributed by atoms with van der Waals surface area (Å²) >= 11 is 0. The minimum atomic E-state index is -1.11. The largest absolute Gasteiger partial charge is 0.348 e. The highest BCUT2D eigenvalue weighted by atomic mass is 19.2. The normalized spacial score (nSPS) is 11.3. The lowest BCUT2D eigenvalue weighted by molar-refractivity contribution is 0.0990. The lowest BCUT2D eigenvalue weighted by Gasteiger charge is -2.08. The molecular formula is C19H19F2N3O2. The number of fused-ring (bicyclic) bond motifs is 1. The van der Waals surface area contributed by atoms with E-state index in [9.17, 15) is 18.4 Å². The van der Waals surface area contributed by atoms with Crippen molar-refractivity contribution in [3.8, 4) is 0 Å². The molecule has 0 unspecified atom stereocenters. The fourth-order valence-corrected chi connectivity index (χ4v) is 3.16. The number of halogens is 2. The molecule has 7 heteroatoms. The van der Waals surface area contributed by atoms with Crippen LogP contribution in [0.5, 0.6) is 0 Å². The number of nitrogens with zero attached hydrogens (tertiary/aromatic N) is 2. The maximum absolute atomic E-state index is 13.4. The van der Waals surface area contributed by atoms with Crippen LogP contribution in [-0.2, 0) is 13.0 Å². The molecule has 0 saturated heterocycles. The third-order valence-electron chi connectivity index (χ3n) is 4.45.